The summed E-state index contributed by atoms with van der Waals surface area (Å²) in [4.78, 5) is 24.5. The summed E-state index contributed by atoms with van der Waals surface area (Å²) in [5.41, 5.74) is 0. The van der Waals surface area contributed by atoms with Gasteiger partial charge in [-0.15, -0.1) is 0 Å². The van der Waals surface area contributed by atoms with E-state index in [2.05, 4.69) is 43.5 Å². The minimum Gasteiger partial charge on any atom is -0.466 e. The molecule has 0 spiro atoms. The number of nitrogens with one attached hydrogen (secondary N) is 1. The van der Waals surface area contributed by atoms with Gasteiger partial charge in [0.15, 0.2) is 0 Å². The molecule has 6 heteroatoms. The van der Waals surface area contributed by atoms with Crippen molar-refractivity contribution >= 4 is 11.9 Å². The normalized spacial score (nSPS) is 12.7. The third-order valence-electron chi connectivity index (χ3n) is 14.0. The first-order valence-corrected chi connectivity index (χ1v) is 30.1. The molecule has 2 unspecified atom stereocenters. The number of aliphatic hydroxyl groups excluding tert-OH is 2. The van der Waals surface area contributed by atoms with Crippen molar-refractivity contribution in [1.82, 2.24) is 5.32 Å². The smallest absolute Gasteiger partial charge is 0.305 e. The average Bonchev–Trinajstić information content (AvgIpc) is 3.33. The van der Waals surface area contributed by atoms with Crippen molar-refractivity contribution in [2.75, 3.05) is 13.2 Å². The van der Waals surface area contributed by atoms with Crippen LogP contribution in [0.2, 0.25) is 0 Å². The zero-order chi connectivity index (χ0) is 48.6. The highest BCUT2D eigenvalue weighted by Gasteiger charge is 2.20. The minimum atomic E-state index is -0.671. The molecule has 0 aliphatic carbocycles. The Morgan fingerprint density at radius 1 is 0.418 bits per heavy atom. The van der Waals surface area contributed by atoms with E-state index in [4.69, 9.17) is 4.74 Å². The SMILES string of the molecule is CCCCCCCCCCCCCCCCCCCCC(O)C(CO)NC(=O)CCCCCCCCCCCC/C=C\C=C/CCCCCOC(=O)CCCCCCCCCCCCCCC. The van der Waals surface area contributed by atoms with E-state index in [9.17, 15) is 19.8 Å². The number of aliphatic hydroxyl groups is 2. The predicted molar refractivity (Wildman–Crippen MR) is 292 cm³/mol. The van der Waals surface area contributed by atoms with Gasteiger partial charge < -0.3 is 20.3 Å². The third kappa shape index (κ3) is 53.5. The molecule has 2 atom stereocenters. The van der Waals surface area contributed by atoms with Gasteiger partial charge in [0.05, 0.1) is 25.4 Å². The molecule has 0 rings (SSSR count). The molecular weight excluding hydrogens is 827 g/mol. The first-order chi connectivity index (χ1) is 33.0. The lowest BCUT2D eigenvalue weighted by Gasteiger charge is -2.22. The molecule has 0 aliphatic heterocycles. The fourth-order valence-corrected chi connectivity index (χ4v) is 9.40. The van der Waals surface area contributed by atoms with Crippen molar-refractivity contribution < 1.29 is 24.5 Å². The molecule has 0 aromatic heterocycles. The van der Waals surface area contributed by atoms with Crippen LogP contribution in [0.25, 0.3) is 0 Å². The highest BCUT2D eigenvalue weighted by Crippen LogP contribution is 2.18. The second kappa shape index (κ2) is 56.9. The first kappa shape index (κ1) is 65.3. The average molecular weight is 945 g/mol. The number of allylic oxidation sites excluding steroid dienone is 4. The van der Waals surface area contributed by atoms with Gasteiger partial charge in [-0.25, -0.2) is 0 Å². The summed E-state index contributed by atoms with van der Waals surface area (Å²) < 4.78 is 5.45. The molecule has 3 N–H and O–H groups in total. The van der Waals surface area contributed by atoms with Gasteiger partial charge in [-0.3, -0.25) is 9.59 Å². The summed E-state index contributed by atoms with van der Waals surface area (Å²) in [5, 5.41) is 23.3. The highest BCUT2D eigenvalue weighted by atomic mass is 16.5. The van der Waals surface area contributed by atoms with Crippen LogP contribution in [0.4, 0.5) is 0 Å². The maximum Gasteiger partial charge on any atom is 0.305 e. The van der Waals surface area contributed by atoms with Crippen molar-refractivity contribution in [3.63, 3.8) is 0 Å². The van der Waals surface area contributed by atoms with Crippen molar-refractivity contribution in [3.05, 3.63) is 24.3 Å². The maximum atomic E-state index is 12.5. The standard InChI is InChI=1S/C61H117NO5/c1-3-5-7-9-11-13-15-17-18-19-23-26-30-33-37-41-45-49-53-59(64)58(57-63)62-60(65)54-50-46-42-38-34-31-27-24-21-20-22-25-28-32-36-40-44-48-52-56-67-61(66)55-51-47-43-39-35-29-16-14-12-10-8-6-4-2/h25,28,32,36,58-59,63-64H,3-24,26-27,29-31,33-35,37-57H2,1-2H3,(H,62,65)/b28-25-,36-32-. The molecule has 0 aromatic rings. The van der Waals surface area contributed by atoms with Gasteiger partial charge in [0.25, 0.3) is 0 Å². The number of amides is 1. The van der Waals surface area contributed by atoms with Crippen molar-refractivity contribution in [3.8, 4) is 0 Å². The third-order valence-corrected chi connectivity index (χ3v) is 14.0. The number of ether oxygens (including phenoxy) is 1. The molecule has 0 aliphatic rings. The van der Waals surface area contributed by atoms with Gasteiger partial charge in [0.1, 0.15) is 0 Å². The number of rotatable bonds is 56. The molecule has 0 bridgehead atoms. The lowest BCUT2D eigenvalue weighted by molar-refractivity contribution is -0.143. The molecule has 0 aromatic carbocycles. The Morgan fingerprint density at radius 3 is 1.10 bits per heavy atom. The van der Waals surface area contributed by atoms with Crippen LogP contribution in [-0.4, -0.2) is 47.4 Å². The number of carbonyl (C=O) groups is 2. The van der Waals surface area contributed by atoms with E-state index < -0.39 is 12.1 Å². The van der Waals surface area contributed by atoms with Gasteiger partial charge in [0.2, 0.25) is 5.91 Å². The van der Waals surface area contributed by atoms with E-state index in [1.807, 2.05) is 0 Å². The fourth-order valence-electron chi connectivity index (χ4n) is 9.40. The number of hydrogen-bond donors (Lipinski definition) is 3. The number of esters is 1. The summed E-state index contributed by atoms with van der Waals surface area (Å²) in [5.74, 6) is -0.0536. The lowest BCUT2D eigenvalue weighted by atomic mass is 10.0. The van der Waals surface area contributed by atoms with E-state index in [0.717, 1.165) is 70.6 Å². The van der Waals surface area contributed by atoms with Crippen molar-refractivity contribution in [1.29, 1.82) is 0 Å². The van der Waals surface area contributed by atoms with E-state index in [1.165, 1.54) is 225 Å². The van der Waals surface area contributed by atoms with Crippen molar-refractivity contribution in [2.45, 2.75) is 341 Å². The summed E-state index contributed by atoms with van der Waals surface area (Å²) >= 11 is 0. The van der Waals surface area contributed by atoms with Crippen LogP contribution in [-0.2, 0) is 14.3 Å². The molecule has 0 saturated heterocycles. The van der Waals surface area contributed by atoms with E-state index in [1.54, 1.807) is 0 Å². The summed E-state index contributed by atoms with van der Waals surface area (Å²) in [6.45, 7) is 4.93. The number of hydrogen-bond acceptors (Lipinski definition) is 5. The Labute approximate surface area is 418 Å². The molecule has 6 nitrogen and oxygen atoms in total. The van der Waals surface area contributed by atoms with E-state index in [0.29, 0.717) is 25.9 Å². The lowest BCUT2D eigenvalue weighted by Crippen LogP contribution is -2.45. The number of unbranched alkanes of at least 4 members (excludes halogenated alkanes) is 42. The molecule has 0 saturated carbocycles. The second-order valence-electron chi connectivity index (χ2n) is 20.7. The van der Waals surface area contributed by atoms with Gasteiger partial charge >= 0.3 is 5.97 Å². The van der Waals surface area contributed by atoms with Crippen LogP contribution in [0.3, 0.4) is 0 Å². The van der Waals surface area contributed by atoms with Gasteiger partial charge in [0, 0.05) is 12.8 Å². The van der Waals surface area contributed by atoms with Crippen LogP contribution in [0.15, 0.2) is 24.3 Å². The monoisotopic (exact) mass is 944 g/mol. The van der Waals surface area contributed by atoms with Crippen LogP contribution in [0, 0.1) is 0 Å². The van der Waals surface area contributed by atoms with Crippen LogP contribution in [0.5, 0.6) is 0 Å². The molecule has 0 radical (unpaired) electrons. The van der Waals surface area contributed by atoms with E-state index in [-0.39, 0.29) is 18.5 Å². The van der Waals surface area contributed by atoms with Gasteiger partial charge in [-0.2, -0.15) is 0 Å². The molecule has 1 amide bonds. The quantitative estimate of drug-likeness (QED) is 0.0321. The van der Waals surface area contributed by atoms with Crippen LogP contribution in [0.1, 0.15) is 328 Å². The first-order valence-electron chi connectivity index (χ1n) is 30.1. The van der Waals surface area contributed by atoms with Crippen molar-refractivity contribution in [2.24, 2.45) is 0 Å². The molecule has 0 fully saturated rings. The van der Waals surface area contributed by atoms with Gasteiger partial charge in [-0.05, 0) is 57.8 Å². The number of carbonyl (C=O) groups excluding carboxylic acids is 2. The second-order valence-corrected chi connectivity index (χ2v) is 20.7. The largest absolute Gasteiger partial charge is 0.466 e. The molecular formula is C61H117NO5. The Morgan fingerprint density at radius 2 is 0.731 bits per heavy atom. The predicted octanol–water partition coefficient (Wildman–Crippen LogP) is 18.6. The van der Waals surface area contributed by atoms with Crippen LogP contribution >= 0.6 is 0 Å². The molecule has 0 heterocycles. The fraction of sp³-hybridized carbons (Fsp3) is 0.902. The Kier molecular flexibility index (Phi) is 55.5. The Bertz CT molecular complexity index is 1040. The summed E-state index contributed by atoms with van der Waals surface area (Å²) in [6.07, 6.45) is 68.9. The summed E-state index contributed by atoms with van der Waals surface area (Å²) in [7, 11) is 0. The topological polar surface area (TPSA) is 95.9 Å². The van der Waals surface area contributed by atoms with Gasteiger partial charge in [-0.1, -0.05) is 282 Å². The zero-order valence-corrected chi connectivity index (χ0v) is 45.1. The van der Waals surface area contributed by atoms with E-state index >= 15 is 0 Å². The minimum absolute atomic E-state index is 0.0114. The summed E-state index contributed by atoms with van der Waals surface area (Å²) in [6, 6.07) is -0.549. The Balaban J connectivity index is 3.47. The highest BCUT2D eigenvalue weighted by molar-refractivity contribution is 5.76. The van der Waals surface area contributed by atoms with Crippen LogP contribution < -0.4 is 5.32 Å². The zero-order valence-electron chi connectivity index (χ0n) is 45.1. The Hall–Kier alpha value is -1.66. The molecule has 67 heavy (non-hydrogen) atoms. The molecule has 396 valence electrons. The maximum absolute atomic E-state index is 12.5.